The first kappa shape index (κ1) is 12.1. The Bertz CT molecular complexity index is 813. The Labute approximate surface area is 109 Å². The summed E-state index contributed by atoms with van der Waals surface area (Å²) in [7, 11) is -4.33. The van der Waals surface area contributed by atoms with Crippen molar-refractivity contribution in [2.24, 2.45) is 0 Å². The highest BCUT2D eigenvalue weighted by atomic mass is 31.2. The minimum absolute atomic E-state index is 0.379. The van der Waals surface area contributed by atoms with Gasteiger partial charge in [-0.25, -0.2) is 9.55 Å². The van der Waals surface area contributed by atoms with Crippen LogP contribution in [0.1, 0.15) is 0 Å². The van der Waals surface area contributed by atoms with Crippen molar-refractivity contribution >= 4 is 35.2 Å². The molecule has 3 aromatic rings. The van der Waals surface area contributed by atoms with Crippen LogP contribution in [0.2, 0.25) is 0 Å². The Morgan fingerprint density at radius 1 is 1.00 bits per heavy atom. The number of hydrogen-bond acceptors (Lipinski definition) is 2. The van der Waals surface area contributed by atoms with Gasteiger partial charge in [0.25, 0.3) is 0 Å². The molecule has 6 heteroatoms. The molecule has 0 fully saturated rings. The number of pyridine rings is 1. The van der Waals surface area contributed by atoms with Crippen molar-refractivity contribution in [1.29, 1.82) is 0 Å². The molecule has 0 aliphatic heterocycles. The molecule has 1 aromatic heterocycles. The van der Waals surface area contributed by atoms with Gasteiger partial charge < -0.3 is 9.79 Å². The molecular weight excluding hydrogens is 263 g/mol. The summed E-state index contributed by atoms with van der Waals surface area (Å²) in [5, 5.41) is 3.83. The summed E-state index contributed by atoms with van der Waals surface area (Å²) in [5.74, 6) is 0. The van der Waals surface area contributed by atoms with E-state index in [1.807, 2.05) is 36.4 Å². The third kappa shape index (κ3) is 2.44. The zero-order valence-corrected chi connectivity index (χ0v) is 10.7. The maximum atomic E-state index is 11.1. The molecular formula is C13H11N2O3P. The highest BCUT2D eigenvalue weighted by Gasteiger charge is 2.14. The molecule has 1 heterocycles. The lowest BCUT2D eigenvalue weighted by atomic mass is 10.1. The SMILES string of the molecule is O=P(O)(O)Nc1cccc2nc3ccccc3cc12. The molecule has 0 amide bonds. The van der Waals surface area contributed by atoms with E-state index in [-0.39, 0.29) is 0 Å². The largest absolute Gasteiger partial charge is 0.427 e. The molecule has 5 nitrogen and oxygen atoms in total. The van der Waals surface area contributed by atoms with Crippen molar-refractivity contribution in [2.75, 3.05) is 5.09 Å². The Kier molecular flexibility index (Phi) is 2.75. The van der Waals surface area contributed by atoms with Gasteiger partial charge in [0.05, 0.1) is 16.7 Å². The molecule has 2 aromatic carbocycles. The topological polar surface area (TPSA) is 82.5 Å². The first-order valence-corrected chi connectivity index (χ1v) is 7.26. The number of fused-ring (bicyclic) bond motifs is 2. The molecule has 3 rings (SSSR count). The van der Waals surface area contributed by atoms with Crippen LogP contribution < -0.4 is 5.09 Å². The van der Waals surface area contributed by atoms with Crippen molar-refractivity contribution in [3.63, 3.8) is 0 Å². The van der Waals surface area contributed by atoms with Gasteiger partial charge in [0, 0.05) is 10.8 Å². The number of anilines is 1. The molecule has 0 spiro atoms. The molecule has 0 radical (unpaired) electrons. The summed E-state index contributed by atoms with van der Waals surface area (Å²) in [6.45, 7) is 0. The van der Waals surface area contributed by atoms with Crippen LogP contribution in [0.5, 0.6) is 0 Å². The molecule has 19 heavy (non-hydrogen) atoms. The second-order valence-electron chi connectivity index (χ2n) is 4.21. The lowest BCUT2D eigenvalue weighted by Crippen LogP contribution is -1.96. The van der Waals surface area contributed by atoms with Crippen molar-refractivity contribution < 1.29 is 14.4 Å². The number of aromatic nitrogens is 1. The van der Waals surface area contributed by atoms with E-state index in [9.17, 15) is 4.57 Å². The fourth-order valence-corrected chi connectivity index (χ4v) is 2.56. The monoisotopic (exact) mass is 274 g/mol. The molecule has 96 valence electrons. The van der Waals surface area contributed by atoms with E-state index in [4.69, 9.17) is 9.79 Å². The first-order valence-electron chi connectivity index (χ1n) is 5.65. The van der Waals surface area contributed by atoms with Gasteiger partial charge in [-0.15, -0.1) is 0 Å². The van der Waals surface area contributed by atoms with Crippen molar-refractivity contribution in [3.05, 3.63) is 48.5 Å². The summed E-state index contributed by atoms with van der Waals surface area (Å²) < 4.78 is 11.1. The number of para-hydroxylation sites is 1. The lowest BCUT2D eigenvalue weighted by Gasteiger charge is -2.11. The van der Waals surface area contributed by atoms with E-state index in [1.165, 1.54) is 0 Å². The van der Waals surface area contributed by atoms with E-state index < -0.39 is 7.75 Å². The third-order valence-electron chi connectivity index (χ3n) is 2.83. The smallest absolute Gasteiger partial charge is 0.308 e. The van der Waals surface area contributed by atoms with Crippen LogP contribution in [-0.2, 0) is 4.57 Å². The lowest BCUT2D eigenvalue weighted by molar-refractivity contribution is 0.380. The second kappa shape index (κ2) is 4.31. The van der Waals surface area contributed by atoms with E-state index in [1.54, 1.807) is 12.1 Å². The van der Waals surface area contributed by atoms with Gasteiger partial charge >= 0.3 is 7.75 Å². The van der Waals surface area contributed by atoms with E-state index in [0.29, 0.717) is 16.6 Å². The van der Waals surface area contributed by atoms with E-state index >= 15 is 0 Å². The second-order valence-corrected chi connectivity index (χ2v) is 5.52. The third-order valence-corrected chi connectivity index (χ3v) is 3.36. The highest BCUT2D eigenvalue weighted by molar-refractivity contribution is 7.53. The summed E-state index contributed by atoms with van der Waals surface area (Å²) >= 11 is 0. The van der Waals surface area contributed by atoms with E-state index in [2.05, 4.69) is 10.1 Å². The molecule has 3 N–H and O–H groups in total. The maximum Gasteiger partial charge on any atom is 0.427 e. The number of rotatable bonds is 2. The van der Waals surface area contributed by atoms with Crippen LogP contribution in [0.15, 0.2) is 48.5 Å². The van der Waals surface area contributed by atoms with Crippen molar-refractivity contribution in [2.45, 2.75) is 0 Å². The van der Waals surface area contributed by atoms with Crippen LogP contribution >= 0.6 is 7.75 Å². The standard InChI is InChI=1S/C13H11N2O3P/c16-19(17,18)15-13-7-3-6-12-10(13)8-9-4-1-2-5-11(9)14-12/h1-8H,(H3,15,16,17,18). The fraction of sp³-hybridized carbons (Fsp3) is 0. The van der Waals surface area contributed by atoms with Gasteiger partial charge in [0.15, 0.2) is 0 Å². The normalized spacial score (nSPS) is 11.9. The molecule has 0 saturated carbocycles. The molecule has 0 aliphatic carbocycles. The van der Waals surface area contributed by atoms with Gasteiger partial charge in [0.2, 0.25) is 0 Å². The maximum absolute atomic E-state index is 11.1. The van der Waals surface area contributed by atoms with Crippen LogP contribution in [0.3, 0.4) is 0 Å². The van der Waals surface area contributed by atoms with Crippen LogP contribution in [0.25, 0.3) is 21.8 Å². The zero-order chi connectivity index (χ0) is 13.5. The van der Waals surface area contributed by atoms with Crippen molar-refractivity contribution in [1.82, 2.24) is 4.98 Å². The predicted molar refractivity (Wildman–Crippen MR) is 74.9 cm³/mol. The quantitative estimate of drug-likeness (QED) is 0.494. The fourth-order valence-electron chi connectivity index (χ4n) is 2.05. The minimum Gasteiger partial charge on any atom is -0.308 e. The summed E-state index contributed by atoms with van der Waals surface area (Å²) in [6.07, 6.45) is 0. The number of hydrogen-bond donors (Lipinski definition) is 3. The summed E-state index contributed by atoms with van der Waals surface area (Å²) in [5.41, 5.74) is 1.92. The Balaban J connectivity index is 2.29. The van der Waals surface area contributed by atoms with Gasteiger partial charge in [-0.05, 0) is 24.3 Å². The van der Waals surface area contributed by atoms with E-state index in [0.717, 1.165) is 10.9 Å². The zero-order valence-electron chi connectivity index (χ0n) is 9.82. The van der Waals surface area contributed by atoms with Gasteiger partial charge in [0.1, 0.15) is 0 Å². The number of benzene rings is 2. The molecule has 0 bridgehead atoms. The average molecular weight is 274 g/mol. The predicted octanol–water partition coefficient (Wildman–Crippen LogP) is 2.89. The number of nitrogens with zero attached hydrogens (tertiary/aromatic N) is 1. The average Bonchev–Trinajstić information content (AvgIpc) is 2.35. The molecule has 0 aliphatic rings. The Hall–Kier alpha value is -1.94. The molecule has 0 atom stereocenters. The van der Waals surface area contributed by atoms with Crippen LogP contribution in [0.4, 0.5) is 5.69 Å². The van der Waals surface area contributed by atoms with Gasteiger partial charge in [-0.2, -0.15) is 0 Å². The minimum atomic E-state index is -4.33. The Morgan fingerprint density at radius 2 is 1.74 bits per heavy atom. The highest BCUT2D eigenvalue weighted by Crippen LogP contribution is 2.38. The van der Waals surface area contributed by atoms with Crippen LogP contribution in [-0.4, -0.2) is 14.8 Å². The van der Waals surface area contributed by atoms with Crippen molar-refractivity contribution in [3.8, 4) is 0 Å². The van der Waals surface area contributed by atoms with Crippen LogP contribution in [0, 0.1) is 0 Å². The summed E-state index contributed by atoms with van der Waals surface area (Å²) in [4.78, 5) is 22.5. The van der Waals surface area contributed by atoms with Gasteiger partial charge in [-0.1, -0.05) is 24.3 Å². The summed E-state index contributed by atoms with van der Waals surface area (Å²) in [6, 6.07) is 14.6. The molecule has 0 unspecified atom stereocenters. The molecule has 0 saturated heterocycles. The Morgan fingerprint density at radius 3 is 2.53 bits per heavy atom. The number of nitrogens with one attached hydrogen (secondary N) is 1. The first-order chi connectivity index (χ1) is 9.03. The van der Waals surface area contributed by atoms with Gasteiger partial charge in [-0.3, -0.25) is 5.09 Å².